The molecule has 1 aliphatic rings. The average Bonchev–Trinajstić information content (AvgIpc) is 3.04. The van der Waals surface area contributed by atoms with Gasteiger partial charge in [-0.3, -0.25) is 9.59 Å². The second-order valence-electron chi connectivity index (χ2n) is 7.14. The van der Waals surface area contributed by atoms with E-state index in [1.807, 2.05) is 85.8 Å². The fraction of sp³-hybridized carbons (Fsp3) is 0.167. The molecule has 0 spiro atoms. The van der Waals surface area contributed by atoms with Gasteiger partial charge in [-0.1, -0.05) is 66.2 Å². The molecule has 3 aromatic carbocycles. The highest BCUT2D eigenvalue weighted by Crippen LogP contribution is 2.33. The predicted molar refractivity (Wildman–Crippen MR) is 110 cm³/mol. The normalized spacial score (nSPS) is 13.9. The first-order valence-corrected chi connectivity index (χ1v) is 9.42. The van der Waals surface area contributed by atoms with E-state index in [-0.39, 0.29) is 24.3 Å². The molecular weight excluding hydrogens is 348 g/mol. The number of fused-ring (bicyclic) bond motifs is 1. The number of hydrogen-bond acceptors (Lipinski definition) is 2. The van der Waals surface area contributed by atoms with Crippen LogP contribution >= 0.6 is 0 Å². The zero-order chi connectivity index (χ0) is 19.5. The van der Waals surface area contributed by atoms with Gasteiger partial charge >= 0.3 is 0 Å². The monoisotopic (exact) mass is 370 g/mol. The molecule has 140 valence electrons. The summed E-state index contributed by atoms with van der Waals surface area (Å²) >= 11 is 0. The summed E-state index contributed by atoms with van der Waals surface area (Å²) in [4.78, 5) is 27.6. The summed E-state index contributed by atoms with van der Waals surface area (Å²) in [5.74, 6) is -0.130. The molecule has 1 aliphatic heterocycles. The van der Waals surface area contributed by atoms with Crippen molar-refractivity contribution in [3.05, 3.63) is 101 Å². The third-order valence-corrected chi connectivity index (χ3v) is 5.12. The summed E-state index contributed by atoms with van der Waals surface area (Å²) in [6.45, 7) is 2.55. The number of anilines is 1. The number of aryl methyl sites for hydroxylation is 1. The minimum atomic E-state index is -0.316. The molecule has 0 radical (unpaired) electrons. The van der Waals surface area contributed by atoms with Crippen LogP contribution in [0.15, 0.2) is 78.9 Å². The lowest BCUT2D eigenvalue weighted by atomic mass is 10.00. The Morgan fingerprint density at radius 1 is 0.964 bits per heavy atom. The first-order valence-electron chi connectivity index (χ1n) is 9.42. The maximum absolute atomic E-state index is 13.0. The quantitative estimate of drug-likeness (QED) is 0.706. The second-order valence-corrected chi connectivity index (χ2v) is 7.14. The topological polar surface area (TPSA) is 49.4 Å². The molecule has 4 nitrogen and oxygen atoms in total. The zero-order valence-electron chi connectivity index (χ0n) is 15.8. The molecule has 4 heteroatoms. The Balaban J connectivity index is 1.61. The van der Waals surface area contributed by atoms with E-state index in [0.717, 1.165) is 27.9 Å². The van der Waals surface area contributed by atoms with Crippen LogP contribution in [0.3, 0.4) is 0 Å². The van der Waals surface area contributed by atoms with Gasteiger partial charge in [0.1, 0.15) is 0 Å². The van der Waals surface area contributed by atoms with Crippen molar-refractivity contribution < 1.29 is 9.59 Å². The fourth-order valence-corrected chi connectivity index (χ4v) is 3.63. The van der Waals surface area contributed by atoms with Crippen molar-refractivity contribution in [3.8, 4) is 0 Å². The van der Waals surface area contributed by atoms with Gasteiger partial charge < -0.3 is 10.2 Å². The predicted octanol–water partition coefficient (Wildman–Crippen LogP) is 4.72. The molecule has 0 aliphatic carbocycles. The van der Waals surface area contributed by atoms with E-state index in [1.54, 1.807) is 4.90 Å². The molecular formula is C24H22N2O2. The van der Waals surface area contributed by atoms with E-state index in [1.165, 1.54) is 0 Å². The number of nitrogens with zero attached hydrogens (tertiary/aromatic N) is 1. The van der Waals surface area contributed by atoms with Crippen LogP contribution in [0.4, 0.5) is 5.69 Å². The summed E-state index contributed by atoms with van der Waals surface area (Å²) in [6, 6.07) is 24.8. The van der Waals surface area contributed by atoms with Gasteiger partial charge in [0.25, 0.3) is 5.91 Å². The Morgan fingerprint density at radius 2 is 1.64 bits per heavy atom. The zero-order valence-corrected chi connectivity index (χ0v) is 15.8. The van der Waals surface area contributed by atoms with Crippen LogP contribution in [0.2, 0.25) is 0 Å². The lowest BCUT2D eigenvalue weighted by Crippen LogP contribution is -2.32. The highest BCUT2D eigenvalue weighted by Gasteiger charge is 2.34. The Morgan fingerprint density at radius 3 is 2.36 bits per heavy atom. The van der Waals surface area contributed by atoms with Crippen molar-refractivity contribution in [2.24, 2.45) is 0 Å². The largest absolute Gasteiger partial charge is 0.327 e. The first kappa shape index (κ1) is 18.0. The van der Waals surface area contributed by atoms with E-state index in [4.69, 9.17) is 0 Å². The standard InChI is InChI=1S/C24H22N2O2/c1-17-11-13-18(14-12-17)22(15-23(27)25-20-8-3-2-4-9-20)26-16-19-7-5-6-10-21(19)24(26)28/h2-14,22H,15-16H2,1H3,(H,25,27)/t22-/m0/s1. The van der Waals surface area contributed by atoms with Crippen molar-refractivity contribution in [1.82, 2.24) is 4.90 Å². The highest BCUT2D eigenvalue weighted by molar-refractivity contribution is 5.99. The third kappa shape index (κ3) is 3.67. The first-order chi connectivity index (χ1) is 13.6. The van der Waals surface area contributed by atoms with E-state index in [0.29, 0.717) is 6.54 Å². The van der Waals surface area contributed by atoms with Gasteiger partial charge in [0.05, 0.1) is 12.5 Å². The average molecular weight is 370 g/mol. The van der Waals surface area contributed by atoms with Crippen LogP contribution in [0, 0.1) is 6.92 Å². The number of nitrogens with one attached hydrogen (secondary N) is 1. The lowest BCUT2D eigenvalue weighted by molar-refractivity contribution is -0.117. The molecule has 1 heterocycles. The van der Waals surface area contributed by atoms with Crippen LogP contribution in [-0.2, 0) is 11.3 Å². The minimum Gasteiger partial charge on any atom is -0.327 e. The SMILES string of the molecule is Cc1ccc([C@H](CC(=O)Nc2ccccc2)N2Cc3ccccc3C2=O)cc1. The van der Waals surface area contributed by atoms with Gasteiger partial charge in [0, 0.05) is 17.8 Å². The van der Waals surface area contributed by atoms with Crippen molar-refractivity contribution in [1.29, 1.82) is 0 Å². The van der Waals surface area contributed by atoms with Crippen LogP contribution in [0.5, 0.6) is 0 Å². The molecule has 1 N–H and O–H groups in total. The summed E-state index contributed by atoms with van der Waals surface area (Å²) in [5.41, 5.74) is 4.60. The van der Waals surface area contributed by atoms with Crippen molar-refractivity contribution in [2.45, 2.75) is 25.9 Å². The Kier molecular flexibility index (Phi) is 4.94. The highest BCUT2D eigenvalue weighted by atomic mass is 16.2. The minimum absolute atomic E-state index is 0.0197. The van der Waals surface area contributed by atoms with Gasteiger partial charge in [0.15, 0.2) is 0 Å². The number of carbonyl (C=O) groups is 2. The molecule has 0 saturated carbocycles. The fourth-order valence-electron chi connectivity index (χ4n) is 3.63. The van der Waals surface area contributed by atoms with Crippen LogP contribution in [0.25, 0.3) is 0 Å². The molecule has 0 bridgehead atoms. The summed E-state index contributed by atoms with van der Waals surface area (Å²) < 4.78 is 0. The summed E-state index contributed by atoms with van der Waals surface area (Å²) in [6.07, 6.45) is 0.206. The van der Waals surface area contributed by atoms with Crippen molar-refractivity contribution in [2.75, 3.05) is 5.32 Å². The Bertz CT molecular complexity index is 997. The van der Waals surface area contributed by atoms with E-state index in [9.17, 15) is 9.59 Å². The van der Waals surface area contributed by atoms with Crippen LogP contribution < -0.4 is 5.32 Å². The molecule has 0 aromatic heterocycles. The molecule has 1 atom stereocenters. The van der Waals surface area contributed by atoms with Crippen molar-refractivity contribution >= 4 is 17.5 Å². The Hall–Kier alpha value is -3.40. The summed E-state index contributed by atoms with van der Waals surface area (Å²) in [5, 5.41) is 2.94. The van der Waals surface area contributed by atoms with Crippen LogP contribution in [-0.4, -0.2) is 16.7 Å². The third-order valence-electron chi connectivity index (χ3n) is 5.12. The number of hydrogen-bond donors (Lipinski definition) is 1. The van der Waals surface area contributed by atoms with Gasteiger partial charge in [-0.25, -0.2) is 0 Å². The van der Waals surface area contributed by atoms with Gasteiger partial charge in [-0.2, -0.15) is 0 Å². The molecule has 4 rings (SSSR count). The smallest absolute Gasteiger partial charge is 0.255 e. The second kappa shape index (κ2) is 7.69. The molecule has 2 amide bonds. The number of para-hydroxylation sites is 1. The Labute approximate surface area is 164 Å². The molecule has 3 aromatic rings. The maximum atomic E-state index is 13.0. The number of rotatable bonds is 5. The molecule has 0 fully saturated rings. The number of benzene rings is 3. The van der Waals surface area contributed by atoms with Gasteiger partial charge in [-0.15, -0.1) is 0 Å². The lowest BCUT2D eigenvalue weighted by Gasteiger charge is -2.28. The van der Waals surface area contributed by atoms with E-state index in [2.05, 4.69) is 5.32 Å². The number of carbonyl (C=O) groups excluding carboxylic acids is 2. The molecule has 0 unspecified atom stereocenters. The van der Waals surface area contributed by atoms with E-state index < -0.39 is 0 Å². The maximum Gasteiger partial charge on any atom is 0.255 e. The molecule has 28 heavy (non-hydrogen) atoms. The van der Waals surface area contributed by atoms with E-state index >= 15 is 0 Å². The van der Waals surface area contributed by atoms with Gasteiger partial charge in [0.2, 0.25) is 5.91 Å². The van der Waals surface area contributed by atoms with Gasteiger partial charge in [-0.05, 0) is 36.2 Å². The van der Waals surface area contributed by atoms with Crippen molar-refractivity contribution in [3.63, 3.8) is 0 Å². The van der Waals surface area contributed by atoms with Crippen LogP contribution in [0.1, 0.15) is 39.5 Å². The summed E-state index contributed by atoms with van der Waals surface area (Å²) in [7, 11) is 0. The molecule has 0 saturated heterocycles. The number of amides is 2.